The van der Waals surface area contributed by atoms with Crippen molar-refractivity contribution in [3.8, 4) is 22.9 Å². The van der Waals surface area contributed by atoms with Crippen LogP contribution in [0.15, 0.2) is 36.8 Å². The van der Waals surface area contributed by atoms with E-state index in [4.69, 9.17) is 14.5 Å². The van der Waals surface area contributed by atoms with Gasteiger partial charge in [-0.05, 0) is 50.3 Å². The van der Waals surface area contributed by atoms with Crippen LogP contribution < -0.4 is 9.64 Å². The van der Waals surface area contributed by atoms with E-state index >= 15 is 0 Å². The van der Waals surface area contributed by atoms with E-state index in [2.05, 4.69) is 25.9 Å². The Morgan fingerprint density at radius 1 is 1.12 bits per heavy atom. The standard InChI is InChI=1S/C31H35N7O4/c32-11-21-13-34-37-17-27(41-6-5-35-16-26-9-24(35)18-42-26)10-28(30(21)37)20-2-4-29(33-12-20)36-14-22-8-23(15-36)38(22)31(40)19-1-3-25(39)7-19/h2,4,10,12-13,17,19,22-26,39H,1,3,5-9,14-16,18H2/t19?,22?,23?,24?,25-,26?/m1/s1. The second-order valence-electron chi connectivity index (χ2n) is 12.5. The molecule has 4 bridgehead atoms. The van der Waals surface area contributed by atoms with Crippen molar-refractivity contribution in [2.75, 3.05) is 44.3 Å². The number of anilines is 1. The van der Waals surface area contributed by atoms with Crippen molar-refractivity contribution in [3.05, 3.63) is 42.4 Å². The van der Waals surface area contributed by atoms with Crippen LogP contribution in [0.3, 0.4) is 0 Å². The molecule has 0 spiro atoms. The molecule has 11 heteroatoms. The lowest BCUT2D eigenvalue weighted by Gasteiger charge is -2.57. The number of rotatable bonds is 7. The Bertz CT molecular complexity index is 1540. The molecule has 11 nitrogen and oxygen atoms in total. The maximum Gasteiger partial charge on any atom is 0.226 e. The number of piperidine rings is 1. The maximum absolute atomic E-state index is 13.1. The highest BCUT2D eigenvalue weighted by molar-refractivity contribution is 5.85. The molecule has 1 amide bonds. The average Bonchev–Trinajstić information content (AvgIpc) is 3.82. The molecule has 1 aliphatic carbocycles. The summed E-state index contributed by atoms with van der Waals surface area (Å²) in [5, 5.41) is 24.1. The number of aromatic nitrogens is 3. The molecule has 1 saturated carbocycles. The second-order valence-corrected chi connectivity index (χ2v) is 12.5. The van der Waals surface area contributed by atoms with Crippen molar-refractivity contribution >= 4 is 17.2 Å². The van der Waals surface area contributed by atoms with Crippen molar-refractivity contribution in [1.82, 2.24) is 24.4 Å². The molecular weight excluding hydrogens is 534 g/mol. The van der Waals surface area contributed by atoms with Gasteiger partial charge in [0.1, 0.15) is 24.2 Å². The third kappa shape index (κ3) is 4.40. The number of hydrogen-bond acceptors (Lipinski definition) is 9. The highest BCUT2D eigenvalue weighted by Crippen LogP contribution is 2.39. The quantitative estimate of drug-likeness (QED) is 0.456. The fraction of sp³-hybridized carbons (Fsp3) is 0.548. The highest BCUT2D eigenvalue weighted by atomic mass is 16.5. The number of fused-ring (bicyclic) bond motifs is 5. The van der Waals surface area contributed by atoms with Crippen LogP contribution in [-0.2, 0) is 9.53 Å². The van der Waals surface area contributed by atoms with Crippen LogP contribution >= 0.6 is 0 Å². The molecule has 0 radical (unpaired) electrons. The number of hydrogen-bond donors (Lipinski definition) is 1. The minimum atomic E-state index is -0.333. The molecule has 1 N–H and O–H groups in total. The molecule has 5 saturated heterocycles. The number of amides is 1. The highest BCUT2D eigenvalue weighted by Gasteiger charge is 2.49. The van der Waals surface area contributed by atoms with Gasteiger partial charge in [-0.15, -0.1) is 0 Å². The first-order valence-electron chi connectivity index (χ1n) is 15.2. The molecular formula is C31H35N7O4. The summed E-state index contributed by atoms with van der Waals surface area (Å²) in [4.78, 5) is 24.7. The Hall–Kier alpha value is -3.72. The predicted octanol–water partition coefficient (Wildman–Crippen LogP) is 2.07. The number of aliphatic hydroxyl groups is 1. The molecule has 42 heavy (non-hydrogen) atoms. The zero-order valence-electron chi connectivity index (χ0n) is 23.5. The van der Waals surface area contributed by atoms with E-state index < -0.39 is 0 Å². The monoisotopic (exact) mass is 569 g/mol. The number of pyridine rings is 2. The van der Waals surface area contributed by atoms with Crippen LogP contribution in [0.1, 0.15) is 37.7 Å². The number of piperazine rings is 1. The molecule has 6 atom stereocenters. The first-order chi connectivity index (χ1) is 20.5. The fourth-order valence-electron chi connectivity index (χ4n) is 7.79. The van der Waals surface area contributed by atoms with Gasteiger partial charge in [0.2, 0.25) is 5.91 Å². The molecule has 6 fully saturated rings. The normalized spacial score (nSPS) is 30.1. The van der Waals surface area contributed by atoms with Crippen molar-refractivity contribution in [2.45, 2.75) is 62.4 Å². The Morgan fingerprint density at radius 2 is 2.00 bits per heavy atom. The Labute approximate surface area is 244 Å². The van der Waals surface area contributed by atoms with E-state index in [1.54, 1.807) is 10.7 Å². The van der Waals surface area contributed by atoms with E-state index in [1.165, 1.54) is 0 Å². The van der Waals surface area contributed by atoms with E-state index in [0.29, 0.717) is 36.5 Å². The summed E-state index contributed by atoms with van der Waals surface area (Å²) in [5.41, 5.74) is 2.98. The molecule has 218 valence electrons. The van der Waals surface area contributed by atoms with Gasteiger partial charge < -0.3 is 24.4 Å². The van der Waals surface area contributed by atoms with Gasteiger partial charge >= 0.3 is 0 Å². The number of aliphatic hydroxyl groups excluding tert-OH is 1. The van der Waals surface area contributed by atoms with Crippen molar-refractivity contribution in [1.29, 1.82) is 5.26 Å². The van der Waals surface area contributed by atoms with Gasteiger partial charge in [0.05, 0.1) is 54.4 Å². The van der Waals surface area contributed by atoms with E-state index in [-0.39, 0.29) is 30.0 Å². The first-order valence-corrected chi connectivity index (χ1v) is 15.2. The molecule has 0 aromatic carbocycles. The van der Waals surface area contributed by atoms with Gasteiger partial charge in [-0.25, -0.2) is 9.50 Å². The van der Waals surface area contributed by atoms with Crippen LogP contribution in [0.2, 0.25) is 0 Å². The number of carbonyl (C=O) groups is 1. The summed E-state index contributed by atoms with van der Waals surface area (Å²) in [6.07, 6.45) is 9.58. The van der Waals surface area contributed by atoms with Crippen molar-refractivity contribution in [2.24, 2.45) is 5.92 Å². The van der Waals surface area contributed by atoms with Crippen LogP contribution in [0, 0.1) is 17.2 Å². The molecule has 5 aliphatic heterocycles. The smallest absolute Gasteiger partial charge is 0.226 e. The van der Waals surface area contributed by atoms with Crippen LogP contribution in [0.5, 0.6) is 5.75 Å². The predicted molar refractivity (Wildman–Crippen MR) is 153 cm³/mol. The third-order valence-electron chi connectivity index (χ3n) is 9.95. The lowest BCUT2D eigenvalue weighted by atomic mass is 9.85. The molecule has 9 rings (SSSR count). The largest absolute Gasteiger partial charge is 0.491 e. The van der Waals surface area contributed by atoms with Crippen molar-refractivity contribution < 1.29 is 19.4 Å². The summed E-state index contributed by atoms with van der Waals surface area (Å²) in [7, 11) is 0. The molecule has 3 aromatic rings. The van der Waals surface area contributed by atoms with E-state index in [0.717, 1.165) is 80.9 Å². The van der Waals surface area contributed by atoms with Gasteiger partial charge in [-0.3, -0.25) is 9.69 Å². The SMILES string of the molecule is N#Cc1cnn2cc(OCCN3CC4CC3CO4)cc(-c3ccc(N4CC5CC(C4)N5C(=O)C4CC[C@@H](O)C4)nc3)c12. The zero-order valence-corrected chi connectivity index (χ0v) is 23.5. The molecule has 5 unspecified atom stereocenters. The summed E-state index contributed by atoms with van der Waals surface area (Å²) in [6.45, 7) is 4.73. The summed E-state index contributed by atoms with van der Waals surface area (Å²) < 4.78 is 13.6. The van der Waals surface area contributed by atoms with Crippen LogP contribution in [-0.4, -0.2) is 105 Å². The number of nitrogens with zero attached hydrogens (tertiary/aromatic N) is 7. The summed E-state index contributed by atoms with van der Waals surface area (Å²) in [6, 6.07) is 9.22. The summed E-state index contributed by atoms with van der Waals surface area (Å²) in [5.74, 6) is 1.78. The third-order valence-corrected chi connectivity index (χ3v) is 9.95. The molecule has 6 aliphatic rings. The molecule has 3 aromatic heterocycles. The number of morpholine rings is 1. The zero-order chi connectivity index (χ0) is 28.4. The number of nitriles is 1. The van der Waals surface area contributed by atoms with E-state index in [1.807, 2.05) is 30.6 Å². The van der Waals surface area contributed by atoms with Gasteiger partial charge in [-0.2, -0.15) is 10.4 Å². The average molecular weight is 570 g/mol. The number of ether oxygens (including phenoxy) is 2. The fourth-order valence-corrected chi connectivity index (χ4v) is 7.79. The summed E-state index contributed by atoms with van der Waals surface area (Å²) >= 11 is 0. The van der Waals surface area contributed by atoms with E-state index in [9.17, 15) is 15.2 Å². The minimum Gasteiger partial charge on any atom is -0.491 e. The maximum atomic E-state index is 13.1. The van der Waals surface area contributed by atoms with Gasteiger partial charge in [0.25, 0.3) is 0 Å². The lowest BCUT2D eigenvalue weighted by Crippen LogP contribution is -2.71. The second kappa shape index (κ2) is 10.2. The van der Waals surface area contributed by atoms with Gasteiger partial charge in [-0.1, -0.05) is 0 Å². The Morgan fingerprint density at radius 3 is 2.69 bits per heavy atom. The van der Waals surface area contributed by atoms with Gasteiger partial charge in [0.15, 0.2) is 0 Å². The molecule has 8 heterocycles. The first kappa shape index (κ1) is 25.9. The lowest BCUT2D eigenvalue weighted by molar-refractivity contribution is -0.150. The Balaban J connectivity index is 0.975. The van der Waals surface area contributed by atoms with Gasteiger partial charge in [0, 0.05) is 55.5 Å². The van der Waals surface area contributed by atoms with Crippen LogP contribution in [0.25, 0.3) is 16.6 Å². The minimum absolute atomic E-state index is 0.0300. The van der Waals surface area contributed by atoms with Crippen LogP contribution in [0.4, 0.5) is 5.82 Å². The number of carbonyl (C=O) groups excluding carboxylic acids is 1. The Kier molecular flexibility index (Phi) is 6.32. The van der Waals surface area contributed by atoms with Crippen molar-refractivity contribution in [3.63, 3.8) is 0 Å². The number of likely N-dealkylation sites (tertiary alicyclic amines) is 1. The topological polar surface area (TPSA) is 119 Å².